The highest BCUT2D eigenvalue weighted by molar-refractivity contribution is 5.92. The van der Waals surface area contributed by atoms with Gasteiger partial charge >= 0.3 is 0 Å². The van der Waals surface area contributed by atoms with Crippen molar-refractivity contribution in [3.05, 3.63) is 23.8 Å². The Labute approximate surface area is 65.2 Å². The van der Waals surface area contributed by atoms with E-state index < -0.39 is 6.10 Å². The van der Waals surface area contributed by atoms with Crippen molar-refractivity contribution in [2.75, 3.05) is 6.54 Å². The molecule has 11 heavy (non-hydrogen) atoms. The lowest BCUT2D eigenvalue weighted by Crippen LogP contribution is -2.22. The molecule has 0 radical (unpaired) electrons. The number of allylic oxidation sites excluding steroid dienone is 2. The van der Waals surface area contributed by atoms with Gasteiger partial charge in [0, 0.05) is 13.0 Å². The van der Waals surface area contributed by atoms with Gasteiger partial charge in [-0.25, -0.2) is 0 Å². The Kier molecular flexibility index (Phi) is 2.57. The highest BCUT2D eigenvalue weighted by Crippen LogP contribution is 2.10. The molecular formula is C8H11NO2. The smallest absolute Gasteiger partial charge is 0.159 e. The van der Waals surface area contributed by atoms with Crippen molar-refractivity contribution in [3.63, 3.8) is 0 Å². The van der Waals surface area contributed by atoms with Gasteiger partial charge in [0.1, 0.15) is 0 Å². The van der Waals surface area contributed by atoms with E-state index in [1.807, 2.05) is 0 Å². The summed E-state index contributed by atoms with van der Waals surface area (Å²) in [5.41, 5.74) is 5.97. The van der Waals surface area contributed by atoms with Crippen molar-refractivity contribution < 1.29 is 9.90 Å². The zero-order valence-corrected chi connectivity index (χ0v) is 6.16. The molecule has 0 aromatic carbocycles. The Balaban J connectivity index is 2.62. The van der Waals surface area contributed by atoms with Gasteiger partial charge in [0.25, 0.3) is 0 Å². The first-order chi connectivity index (χ1) is 5.24. The first-order valence-corrected chi connectivity index (χ1v) is 3.53. The summed E-state index contributed by atoms with van der Waals surface area (Å²) >= 11 is 0. The summed E-state index contributed by atoms with van der Waals surface area (Å²) in [5.74, 6) is 0.0676. The fourth-order valence-electron chi connectivity index (χ4n) is 0.927. The molecule has 1 unspecified atom stereocenters. The standard InChI is InChI=1S/C8H11NO2/c9-5-8(11)6-1-3-7(10)4-2-6/h1-3,8,11H,4-5,9H2. The third-order valence-corrected chi connectivity index (χ3v) is 1.61. The van der Waals surface area contributed by atoms with Gasteiger partial charge in [-0.15, -0.1) is 0 Å². The number of rotatable bonds is 2. The topological polar surface area (TPSA) is 63.3 Å². The Bertz CT molecular complexity index is 218. The molecule has 0 aliphatic heterocycles. The van der Waals surface area contributed by atoms with Gasteiger partial charge in [0.05, 0.1) is 6.10 Å². The van der Waals surface area contributed by atoms with Crippen LogP contribution in [0.25, 0.3) is 0 Å². The molecule has 1 atom stereocenters. The van der Waals surface area contributed by atoms with Crippen LogP contribution in [-0.4, -0.2) is 23.5 Å². The summed E-state index contributed by atoms with van der Waals surface area (Å²) in [6.45, 7) is 0.199. The Morgan fingerprint density at radius 2 is 2.36 bits per heavy atom. The normalized spacial score (nSPS) is 19.8. The average molecular weight is 153 g/mol. The van der Waals surface area contributed by atoms with Gasteiger partial charge in [0.2, 0.25) is 0 Å². The number of hydrogen-bond donors (Lipinski definition) is 2. The minimum Gasteiger partial charge on any atom is -0.387 e. The predicted molar refractivity (Wildman–Crippen MR) is 41.9 cm³/mol. The third kappa shape index (κ3) is 2.00. The van der Waals surface area contributed by atoms with E-state index in [-0.39, 0.29) is 12.3 Å². The minimum absolute atomic E-state index is 0.0676. The largest absolute Gasteiger partial charge is 0.387 e. The van der Waals surface area contributed by atoms with Gasteiger partial charge < -0.3 is 10.8 Å². The van der Waals surface area contributed by atoms with Crippen LogP contribution in [0.15, 0.2) is 23.8 Å². The first kappa shape index (κ1) is 8.17. The average Bonchev–Trinajstić information content (AvgIpc) is 2.05. The molecule has 0 aromatic rings. The number of aliphatic hydroxyl groups excluding tert-OH is 1. The molecule has 0 amide bonds. The lowest BCUT2D eigenvalue weighted by atomic mass is 10.0. The predicted octanol–water partition coefficient (Wildman–Crippen LogP) is -0.239. The summed E-state index contributed by atoms with van der Waals surface area (Å²) in [6.07, 6.45) is 4.54. The van der Waals surface area contributed by atoms with Crippen LogP contribution >= 0.6 is 0 Å². The minimum atomic E-state index is -0.626. The maximum atomic E-state index is 10.7. The molecule has 3 N–H and O–H groups in total. The molecule has 3 heteroatoms. The quantitative estimate of drug-likeness (QED) is 0.575. The van der Waals surface area contributed by atoms with E-state index in [1.54, 1.807) is 12.2 Å². The van der Waals surface area contributed by atoms with E-state index in [2.05, 4.69) is 0 Å². The molecular weight excluding hydrogens is 142 g/mol. The Hall–Kier alpha value is -0.930. The van der Waals surface area contributed by atoms with Crippen LogP contribution in [-0.2, 0) is 4.79 Å². The van der Waals surface area contributed by atoms with Crippen molar-refractivity contribution >= 4 is 5.78 Å². The number of ketones is 1. The third-order valence-electron chi connectivity index (χ3n) is 1.61. The number of carbonyl (C=O) groups is 1. The van der Waals surface area contributed by atoms with Crippen LogP contribution in [0.2, 0.25) is 0 Å². The molecule has 0 bridgehead atoms. The highest BCUT2D eigenvalue weighted by Gasteiger charge is 2.09. The SMILES string of the molecule is NCC(O)C1=CCC(=O)C=C1. The molecule has 60 valence electrons. The van der Waals surface area contributed by atoms with Gasteiger partial charge in [0.15, 0.2) is 5.78 Å². The van der Waals surface area contributed by atoms with Crippen LogP contribution < -0.4 is 5.73 Å². The fourth-order valence-corrected chi connectivity index (χ4v) is 0.927. The molecule has 0 spiro atoms. The van der Waals surface area contributed by atoms with E-state index in [1.165, 1.54) is 6.08 Å². The number of aliphatic hydroxyl groups is 1. The molecule has 1 aliphatic rings. The summed E-state index contributed by atoms with van der Waals surface area (Å²) < 4.78 is 0. The van der Waals surface area contributed by atoms with Crippen LogP contribution in [0.3, 0.4) is 0 Å². The molecule has 0 saturated heterocycles. The molecule has 3 nitrogen and oxygen atoms in total. The van der Waals surface area contributed by atoms with E-state index in [0.29, 0.717) is 6.42 Å². The van der Waals surface area contributed by atoms with Gasteiger partial charge in [-0.1, -0.05) is 12.2 Å². The maximum absolute atomic E-state index is 10.7. The van der Waals surface area contributed by atoms with Crippen molar-refractivity contribution in [2.45, 2.75) is 12.5 Å². The summed E-state index contributed by atoms with van der Waals surface area (Å²) in [6, 6.07) is 0. The number of hydrogen-bond acceptors (Lipinski definition) is 3. The lowest BCUT2D eigenvalue weighted by Gasteiger charge is -2.10. The van der Waals surface area contributed by atoms with Gasteiger partial charge in [-0.3, -0.25) is 4.79 Å². The fraction of sp³-hybridized carbons (Fsp3) is 0.375. The summed E-state index contributed by atoms with van der Waals surface area (Å²) in [4.78, 5) is 10.7. The zero-order valence-electron chi connectivity index (χ0n) is 6.16. The van der Waals surface area contributed by atoms with E-state index in [4.69, 9.17) is 5.73 Å². The molecule has 0 heterocycles. The highest BCUT2D eigenvalue weighted by atomic mass is 16.3. The molecule has 0 fully saturated rings. The molecule has 0 saturated carbocycles. The summed E-state index contributed by atoms with van der Waals surface area (Å²) in [7, 11) is 0. The van der Waals surface area contributed by atoms with Crippen molar-refractivity contribution in [1.29, 1.82) is 0 Å². The summed E-state index contributed by atoms with van der Waals surface area (Å²) in [5, 5.41) is 9.21. The van der Waals surface area contributed by atoms with Gasteiger partial charge in [-0.05, 0) is 11.6 Å². The molecule has 1 rings (SSSR count). The Morgan fingerprint density at radius 1 is 1.64 bits per heavy atom. The van der Waals surface area contributed by atoms with Crippen LogP contribution in [0.5, 0.6) is 0 Å². The van der Waals surface area contributed by atoms with Crippen LogP contribution in [0, 0.1) is 0 Å². The molecule has 1 aliphatic carbocycles. The number of carbonyl (C=O) groups excluding carboxylic acids is 1. The van der Waals surface area contributed by atoms with Crippen LogP contribution in [0.1, 0.15) is 6.42 Å². The first-order valence-electron chi connectivity index (χ1n) is 3.53. The van der Waals surface area contributed by atoms with Crippen molar-refractivity contribution in [3.8, 4) is 0 Å². The second kappa shape index (κ2) is 3.46. The maximum Gasteiger partial charge on any atom is 0.159 e. The zero-order chi connectivity index (χ0) is 8.27. The monoisotopic (exact) mass is 153 g/mol. The second-order valence-corrected chi connectivity index (χ2v) is 2.46. The molecule has 0 aromatic heterocycles. The van der Waals surface area contributed by atoms with E-state index in [0.717, 1.165) is 5.57 Å². The van der Waals surface area contributed by atoms with Crippen molar-refractivity contribution in [1.82, 2.24) is 0 Å². The van der Waals surface area contributed by atoms with E-state index >= 15 is 0 Å². The second-order valence-electron chi connectivity index (χ2n) is 2.46. The Morgan fingerprint density at radius 3 is 2.82 bits per heavy atom. The number of nitrogens with two attached hydrogens (primary N) is 1. The van der Waals surface area contributed by atoms with E-state index in [9.17, 15) is 9.90 Å². The lowest BCUT2D eigenvalue weighted by molar-refractivity contribution is -0.113. The van der Waals surface area contributed by atoms with Gasteiger partial charge in [-0.2, -0.15) is 0 Å². The van der Waals surface area contributed by atoms with Crippen LogP contribution in [0.4, 0.5) is 0 Å². The van der Waals surface area contributed by atoms with Crippen molar-refractivity contribution in [2.24, 2.45) is 5.73 Å².